The van der Waals surface area contributed by atoms with E-state index in [1.54, 1.807) is 6.08 Å². The standard InChI is InChI=1S/C15H20O.C12H14O2/c1-3-5-6-8-14-9-7-10-15(12-14)13-16-11-4-2;1-3-13-9-11-6-5-7-12(8-11)10-14-4-2/h3-4,7,9-10,12H,1-2,5-6,8,11,13H2;3-8H,1-2,9-10H2. The molecule has 0 atom stereocenters. The predicted molar refractivity (Wildman–Crippen MR) is 126 cm³/mol. The molecular weight excluding hydrogens is 372 g/mol. The first kappa shape index (κ1) is 25.0. The van der Waals surface area contributed by atoms with E-state index in [1.165, 1.54) is 30.1 Å². The van der Waals surface area contributed by atoms with E-state index in [0.717, 1.165) is 24.0 Å². The molecule has 2 aromatic rings. The monoisotopic (exact) mass is 406 g/mol. The average Bonchev–Trinajstić information content (AvgIpc) is 2.78. The highest BCUT2D eigenvalue weighted by Gasteiger charge is 1.97. The lowest BCUT2D eigenvalue weighted by atomic mass is 10.1. The van der Waals surface area contributed by atoms with Crippen LogP contribution in [0, 0.1) is 0 Å². The molecule has 30 heavy (non-hydrogen) atoms. The molecule has 3 heteroatoms. The van der Waals surface area contributed by atoms with Gasteiger partial charge in [0, 0.05) is 0 Å². The van der Waals surface area contributed by atoms with Crippen LogP contribution in [-0.4, -0.2) is 6.61 Å². The summed E-state index contributed by atoms with van der Waals surface area (Å²) in [5.74, 6) is 0. The summed E-state index contributed by atoms with van der Waals surface area (Å²) in [6, 6.07) is 16.6. The topological polar surface area (TPSA) is 27.7 Å². The lowest BCUT2D eigenvalue weighted by Gasteiger charge is -2.05. The van der Waals surface area contributed by atoms with Crippen molar-refractivity contribution in [3.05, 3.63) is 122 Å². The Labute approximate surface area is 182 Å². The molecule has 0 aliphatic rings. The molecule has 0 N–H and O–H groups in total. The van der Waals surface area contributed by atoms with Crippen LogP contribution in [0.25, 0.3) is 0 Å². The number of aryl methyl sites for hydroxylation is 1. The highest BCUT2D eigenvalue weighted by Crippen LogP contribution is 2.10. The number of allylic oxidation sites excluding steroid dienone is 1. The van der Waals surface area contributed by atoms with Gasteiger partial charge in [0.1, 0.15) is 13.2 Å². The summed E-state index contributed by atoms with van der Waals surface area (Å²) in [6.07, 6.45) is 9.98. The van der Waals surface area contributed by atoms with Gasteiger partial charge in [0.2, 0.25) is 0 Å². The predicted octanol–water partition coefficient (Wildman–Crippen LogP) is 6.90. The molecule has 0 aliphatic carbocycles. The van der Waals surface area contributed by atoms with Crippen LogP contribution in [0.4, 0.5) is 0 Å². The minimum Gasteiger partial charge on any atom is -0.497 e. The zero-order valence-corrected chi connectivity index (χ0v) is 17.9. The van der Waals surface area contributed by atoms with Crippen LogP contribution in [-0.2, 0) is 40.5 Å². The number of benzene rings is 2. The molecule has 0 unspecified atom stereocenters. The van der Waals surface area contributed by atoms with E-state index in [1.807, 2.05) is 30.3 Å². The van der Waals surface area contributed by atoms with E-state index >= 15 is 0 Å². The highest BCUT2D eigenvalue weighted by molar-refractivity contribution is 5.23. The van der Waals surface area contributed by atoms with Crippen LogP contribution in [0.5, 0.6) is 0 Å². The molecule has 0 amide bonds. The molecule has 2 aromatic carbocycles. The molecule has 0 saturated heterocycles. The van der Waals surface area contributed by atoms with Gasteiger partial charge >= 0.3 is 0 Å². The van der Waals surface area contributed by atoms with Gasteiger partial charge in [-0.1, -0.05) is 67.8 Å². The largest absolute Gasteiger partial charge is 0.497 e. The summed E-state index contributed by atoms with van der Waals surface area (Å²) in [7, 11) is 0. The zero-order valence-electron chi connectivity index (χ0n) is 17.9. The van der Waals surface area contributed by atoms with Gasteiger partial charge in [-0.2, -0.15) is 0 Å². The third kappa shape index (κ3) is 11.7. The number of ether oxygens (including phenoxy) is 3. The fourth-order valence-corrected chi connectivity index (χ4v) is 2.71. The highest BCUT2D eigenvalue weighted by atomic mass is 16.5. The van der Waals surface area contributed by atoms with Gasteiger partial charge < -0.3 is 14.2 Å². The maximum absolute atomic E-state index is 5.42. The quantitative estimate of drug-likeness (QED) is 0.194. The zero-order chi connectivity index (χ0) is 21.9. The third-order valence-electron chi connectivity index (χ3n) is 4.10. The fourth-order valence-electron chi connectivity index (χ4n) is 2.71. The lowest BCUT2D eigenvalue weighted by molar-refractivity contribution is 0.149. The van der Waals surface area contributed by atoms with E-state index in [4.69, 9.17) is 14.2 Å². The average molecular weight is 407 g/mol. The second-order valence-corrected chi connectivity index (χ2v) is 6.58. The fraction of sp³-hybridized carbons (Fsp3) is 0.259. The van der Waals surface area contributed by atoms with Gasteiger partial charge in [0.25, 0.3) is 0 Å². The van der Waals surface area contributed by atoms with Crippen molar-refractivity contribution < 1.29 is 14.2 Å². The summed E-state index contributed by atoms with van der Waals surface area (Å²) in [6.45, 7) is 16.7. The van der Waals surface area contributed by atoms with Gasteiger partial charge in [-0.05, 0) is 47.6 Å². The summed E-state index contributed by atoms with van der Waals surface area (Å²) < 4.78 is 15.6. The van der Waals surface area contributed by atoms with Crippen molar-refractivity contribution in [2.24, 2.45) is 0 Å². The minimum atomic E-state index is 0.547. The summed E-state index contributed by atoms with van der Waals surface area (Å²) in [5.41, 5.74) is 4.82. The second-order valence-electron chi connectivity index (χ2n) is 6.58. The summed E-state index contributed by atoms with van der Waals surface area (Å²) >= 11 is 0. The van der Waals surface area contributed by atoms with E-state index in [9.17, 15) is 0 Å². The van der Waals surface area contributed by atoms with Crippen molar-refractivity contribution >= 4 is 0 Å². The molecule has 0 radical (unpaired) electrons. The summed E-state index contributed by atoms with van der Waals surface area (Å²) in [5, 5.41) is 0. The van der Waals surface area contributed by atoms with Gasteiger partial charge in [0.15, 0.2) is 0 Å². The molecule has 2 rings (SSSR count). The first-order valence-electron chi connectivity index (χ1n) is 10.1. The Morgan fingerprint density at radius 3 is 1.73 bits per heavy atom. The minimum absolute atomic E-state index is 0.547. The first-order chi connectivity index (χ1) is 14.7. The van der Waals surface area contributed by atoms with Gasteiger partial charge in [0.05, 0.1) is 25.7 Å². The molecule has 3 nitrogen and oxygen atoms in total. The molecule has 0 bridgehead atoms. The maximum atomic E-state index is 5.42. The Balaban J connectivity index is 0.000000303. The van der Waals surface area contributed by atoms with Gasteiger partial charge in [-0.3, -0.25) is 0 Å². The molecule has 0 fully saturated rings. The molecule has 0 heterocycles. The molecule has 0 saturated carbocycles. The Kier molecular flexibility index (Phi) is 14.1. The van der Waals surface area contributed by atoms with Crippen molar-refractivity contribution in [2.45, 2.75) is 39.1 Å². The molecule has 0 spiro atoms. The van der Waals surface area contributed by atoms with Crippen LogP contribution >= 0.6 is 0 Å². The SMILES string of the molecule is C=CCCCc1cccc(COCC=C)c1.C=COCc1cccc(COC=C)c1. The van der Waals surface area contributed by atoms with Crippen LogP contribution in [0.1, 0.15) is 35.1 Å². The summed E-state index contributed by atoms with van der Waals surface area (Å²) in [4.78, 5) is 0. The Morgan fingerprint density at radius 2 is 1.20 bits per heavy atom. The second kappa shape index (κ2) is 16.9. The van der Waals surface area contributed by atoms with Crippen molar-refractivity contribution in [1.82, 2.24) is 0 Å². The van der Waals surface area contributed by atoms with Crippen LogP contribution in [0.3, 0.4) is 0 Å². The molecular formula is C27H34O3. The molecule has 160 valence electrons. The Morgan fingerprint density at radius 1 is 0.667 bits per heavy atom. The van der Waals surface area contributed by atoms with Gasteiger partial charge in [-0.15, -0.1) is 13.2 Å². The normalized spacial score (nSPS) is 9.60. The van der Waals surface area contributed by atoms with E-state index in [-0.39, 0.29) is 0 Å². The van der Waals surface area contributed by atoms with Gasteiger partial charge in [-0.25, -0.2) is 0 Å². The van der Waals surface area contributed by atoms with E-state index in [0.29, 0.717) is 26.4 Å². The Bertz CT molecular complexity index is 708. The number of hydrogen-bond donors (Lipinski definition) is 0. The number of rotatable bonds is 14. The lowest BCUT2D eigenvalue weighted by Crippen LogP contribution is -1.94. The number of hydrogen-bond acceptors (Lipinski definition) is 3. The smallest absolute Gasteiger partial charge is 0.112 e. The first-order valence-corrected chi connectivity index (χ1v) is 10.1. The molecule has 0 aromatic heterocycles. The molecule has 0 aliphatic heterocycles. The van der Waals surface area contributed by atoms with Crippen molar-refractivity contribution in [3.63, 3.8) is 0 Å². The van der Waals surface area contributed by atoms with E-state index in [2.05, 4.69) is 50.6 Å². The third-order valence-corrected chi connectivity index (χ3v) is 4.10. The van der Waals surface area contributed by atoms with Crippen LogP contribution < -0.4 is 0 Å². The van der Waals surface area contributed by atoms with E-state index < -0.39 is 0 Å². The number of unbranched alkanes of at least 4 members (excludes halogenated alkanes) is 1. The van der Waals surface area contributed by atoms with Crippen molar-refractivity contribution in [2.75, 3.05) is 6.61 Å². The van der Waals surface area contributed by atoms with Crippen molar-refractivity contribution in [1.29, 1.82) is 0 Å². The maximum Gasteiger partial charge on any atom is 0.112 e. The van der Waals surface area contributed by atoms with Crippen LogP contribution in [0.15, 0.2) is 99.5 Å². The van der Waals surface area contributed by atoms with Crippen LogP contribution in [0.2, 0.25) is 0 Å². The Hall–Kier alpha value is -3.04. The van der Waals surface area contributed by atoms with Crippen molar-refractivity contribution in [3.8, 4) is 0 Å².